The Morgan fingerprint density at radius 2 is 2.29 bits per heavy atom. The van der Waals surface area contributed by atoms with E-state index in [4.69, 9.17) is 5.73 Å². The van der Waals surface area contributed by atoms with Gasteiger partial charge in [0.05, 0.1) is 0 Å². The number of nitrogens with zero attached hydrogens (tertiary/aromatic N) is 1. The van der Waals surface area contributed by atoms with Crippen molar-refractivity contribution in [1.29, 1.82) is 0 Å². The third kappa shape index (κ3) is 2.48. The summed E-state index contributed by atoms with van der Waals surface area (Å²) >= 11 is 0. The molecule has 0 aliphatic carbocycles. The fraction of sp³-hybridized carbons (Fsp3) is 0.500. The molecule has 1 aliphatic heterocycles. The van der Waals surface area contributed by atoms with E-state index in [9.17, 15) is 0 Å². The molecule has 0 bridgehead atoms. The lowest BCUT2D eigenvalue weighted by Gasteiger charge is -2.08. The monoisotopic (exact) mass is 192 g/mol. The van der Waals surface area contributed by atoms with Gasteiger partial charge in [0.2, 0.25) is 0 Å². The van der Waals surface area contributed by atoms with Crippen LogP contribution in [0.1, 0.15) is 19.8 Å². The predicted molar refractivity (Wildman–Crippen MR) is 61.9 cm³/mol. The van der Waals surface area contributed by atoms with E-state index >= 15 is 0 Å². The molecule has 1 heterocycles. The van der Waals surface area contributed by atoms with Gasteiger partial charge in [0.15, 0.2) is 0 Å². The second-order valence-corrected chi connectivity index (χ2v) is 3.84. The molecule has 0 amide bonds. The summed E-state index contributed by atoms with van der Waals surface area (Å²) in [5.41, 5.74) is 9.51. The predicted octanol–water partition coefficient (Wildman–Crippen LogP) is 2.06. The summed E-state index contributed by atoms with van der Waals surface area (Å²) in [5.74, 6) is 0. The minimum absolute atomic E-state index is 0.878. The number of hydrogen-bond donors (Lipinski definition) is 1. The molecule has 1 aliphatic rings. The van der Waals surface area contributed by atoms with Crippen molar-refractivity contribution in [2.45, 2.75) is 19.8 Å². The topological polar surface area (TPSA) is 29.3 Å². The van der Waals surface area contributed by atoms with Crippen LogP contribution >= 0.6 is 0 Å². The second-order valence-electron chi connectivity index (χ2n) is 3.84. The number of likely N-dealkylation sites (N-methyl/N-ethyl adjacent to an activating group) is 1. The van der Waals surface area contributed by atoms with Gasteiger partial charge in [0.1, 0.15) is 0 Å². The van der Waals surface area contributed by atoms with Gasteiger partial charge in [-0.3, -0.25) is 4.90 Å². The highest BCUT2D eigenvalue weighted by molar-refractivity contribution is 5.39. The van der Waals surface area contributed by atoms with Crippen molar-refractivity contribution in [2.24, 2.45) is 5.73 Å². The van der Waals surface area contributed by atoms with Crippen LogP contribution in [0.2, 0.25) is 0 Å². The van der Waals surface area contributed by atoms with Crippen molar-refractivity contribution >= 4 is 0 Å². The first-order valence-electron chi connectivity index (χ1n) is 5.13. The van der Waals surface area contributed by atoms with Gasteiger partial charge >= 0.3 is 0 Å². The number of hydrogen-bond acceptors (Lipinski definition) is 2. The molecule has 2 heteroatoms. The van der Waals surface area contributed by atoms with Crippen LogP contribution in [0.3, 0.4) is 0 Å². The smallest absolute Gasteiger partial charge is 0.0236 e. The number of nitrogens with two attached hydrogens (primary N) is 1. The highest BCUT2D eigenvalue weighted by Crippen LogP contribution is 2.25. The molecule has 0 saturated carbocycles. The first kappa shape index (κ1) is 11.1. The van der Waals surface area contributed by atoms with Gasteiger partial charge in [-0.05, 0) is 37.2 Å². The summed E-state index contributed by atoms with van der Waals surface area (Å²) in [6.45, 7) is 8.46. The molecule has 0 saturated heterocycles. The standard InChI is InChI=1S/C12H20N2/c1-4-11-8-14(3)9-12(11)10(2)6-5-7-13/h5,7H,2,4,6,8-9,13H2,1,3H3/b7-5-. The third-order valence-electron chi connectivity index (χ3n) is 2.67. The first-order chi connectivity index (χ1) is 6.69. The Morgan fingerprint density at radius 1 is 1.57 bits per heavy atom. The van der Waals surface area contributed by atoms with E-state index < -0.39 is 0 Å². The zero-order valence-electron chi connectivity index (χ0n) is 9.21. The summed E-state index contributed by atoms with van der Waals surface area (Å²) in [6.07, 6.45) is 5.56. The van der Waals surface area contributed by atoms with Gasteiger partial charge < -0.3 is 5.73 Å². The van der Waals surface area contributed by atoms with Gasteiger partial charge in [-0.1, -0.05) is 25.2 Å². The Labute approximate surface area is 86.8 Å². The number of allylic oxidation sites excluding steroid dienone is 1. The summed E-state index contributed by atoms with van der Waals surface area (Å²) in [7, 11) is 2.15. The normalized spacial score (nSPS) is 18.4. The van der Waals surface area contributed by atoms with Crippen LogP contribution in [0.5, 0.6) is 0 Å². The lowest BCUT2D eigenvalue weighted by molar-refractivity contribution is 0.423. The van der Waals surface area contributed by atoms with Crippen molar-refractivity contribution in [3.8, 4) is 0 Å². The van der Waals surface area contributed by atoms with Crippen LogP contribution in [0, 0.1) is 0 Å². The first-order valence-corrected chi connectivity index (χ1v) is 5.13. The maximum Gasteiger partial charge on any atom is 0.0236 e. The van der Waals surface area contributed by atoms with Crippen molar-refractivity contribution in [2.75, 3.05) is 20.1 Å². The molecule has 2 N–H and O–H groups in total. The molecular formula is C12H20N2. The molecule has 78 valence electrons. The Morgan fingerprint density at radius 3 is 2.86 bits per heavy atom. The van der Waals surface area contributed by atoms with Gasteiger partial charge in [-0.2, -0.15) is 0 Å². The highest BCUT2D eigenvalue weighted by Gasteiger charge is 2.18. The molecular weight excluding hydrogens is 172 g/mol. The zero-order chi connectivity index (χ0) is 10.6. The lowest BCUT2D eigenvalue weighted by Crippen LogP contribution is -2.14. The fourth-order valence-electron chi connectivity index (χ4n) is 1.88. The third-order valence-corrected chi connectivity index (χ3v) is 2.67. The summed E-state index contributed by atoms with van der Waals surface area (Å²) in [4.78, 5) is 2.32. The van der Waals surface area contributed by atoms with Crippen molar-refractivity contribution in [1.82, 2.24) is 4.90 Å². The lowest BCUT2D eigenvalue weighted by atomic mass is 10.00. The molecule has 0 aromatic rings. The molecule has 0 atom stereocenters. The molecule has 0 spiro atoms. The van der Waals surface area contributed by atoms with Crippen LogP contribution in [-0.2, 0) is 0 Å². The van der Waals surface area contributed by atoms with Crippen molar-refractivity contribution < 1.29 is 0 Å². The Kier molecular flexibility index (Phi) is 3.96. The van der Waals surface area contributed by atoms with E-state index in [1.807, 2.05) is 6.08 Å². The molecule has 14 heavy (non-hydrogen) atoms. The maximum atomic E-state index is 5.32. The molecule has 0 fully saturated rings. The van der Waals surface area contributed by atoms with Crippen molar-refractivity contribution in [3.63, 3.8) is 0 Å². The van der Waals surface area contributed by atoms with Gasteiger partial charge in [0.25, 0.3) is 0 Å². The second kappa shape index (κ2) is 5.01. The van der Waals surface area contributed by atoms with Crippen LogP contribution in [0.4, 0.5) is 0 Å². The van der Waals surface area contributed by atoms with Gasteiger partial charge in [-0.15, -0.1) is 0 Å². The molecule has 0 aromatic heterocycles. The summed E-state index contributed by atoms with van der Waals surface area (Å²) < 4.78 is 0. The van der Waals surface area contributed by atoms with E-state index in [0.717, 1.165) is 25.9 Å². The molecule has 0 aromatic carbocycles. The molecule has 1 rings (SSSR count). The molecule has 2 nitrogen and oxygen atoms in total. The van der Waals surface area contributed by atoms with E-state index in [-0.39, 0.29) is 0 Å². The van der Waals surface area contributed by atoms with Gasteiger partial charge in [-0.25, -0.2) is 0 Å². The van der Waals surface area contributed by atoms with Crippen LogP contribution in [0.25, 0.3) is 0 Å². The average Bonchev–Trinajstić information content (AvgIpc) is 2.56. The van der Waals surface area contributed by atoms with E-state index in [2.05, 4.69) is 25.5 Å². The largest absolute Gasteiger partial charge is 0.405 e. The SMILES string of the molecule is C=C(C/C=C\N)C1=C(CC)CN(C)C1. The fourth-order valence-corrected chi connectivity index (χ4v) is 1.88. The van der Waals surface area contributed by atoms with E-state index in [0.29, 0.717) is 0 Å². The minimum atomic E-state index is 0.878. The summed E-state index contributed by atoms with van der Waals surface area (Å²) in [6, 6.07) is 0. The summed E-state index contributed by atoms with van der Waals surface area (Å²) in [5, 5.41) is 0. The quantitative estimate of drug-likeness (QED) is 0.738. The zero-order valence-corrected chi connectivity index (χ0v) is 9.21. The Balaban J connectivity index is 2.69. The van der Waals surface area contributed by atoms with E-state index in [1.165, 1.54) is 16.7 Å². The molecule has 0 unspecified atom stereocenters. The maximum absolute atomic E-state index is 5.32. The van der Waals surface area contributed by atoms with Crippen LogP contribution < -0.4 is 5.73 Å². The highest BCUT2D eigenvalue weighted by atomic mass is 15.1. The molecule has 0 radical (unpaired) electrons. The average molecular weight is 192 g/mol. The minimum Gasteiger partial charge on any atom is -0.405 e. The van der Waals surface area contributed by atoms with Crippen LogP contribution in [0.15, 0.2) is 35.6 Å². The number of rotatable bonds is 4. The Bertz CT molecular complexity index is 274. The Hall–Kier alpha value is -1.02. The van der Waals surface area contributed by atoms with Gasteiger partial charge in [0, 0.05) is 13.1 Å². The van der Waals surface area contributed by atoms with Crippen molar-refractivity contribution in [3.05, 3.63) is 35.6 Å². The van der Waals surface area contributed by atoms with E-state index in [1.54, 1.807) is 6.20 Å². The van der Waals surface area contributed by atoms with Crippen LogP contribution in [-0.4, -0.2) is 25.0 Å².